The van der Waals surface area contributed by atoms with Crippen molar-refractivity contribution in [2.75, 3.05) is 0 Å². The van der Waals surface area contributed by atoms with Crippen LogP contribution >= 0.6 is 11.3 Å². The van der Waals surface area contributed by atoms with Crippen molar-refractivity contribution in [2.45, 2.75) is 32.7 Å². The Labute approximate surface area is 139 Å². The molecule has 1 amide bonds. The number of nitrogens with one attached hydrogen (secondary N) is 1. The highest BCUT2D eigenvalue weighted by Gasteiger charge is 2.19. The van der Waals surface area contributed by atoms with Crippen LogP contribution in [-0.2, 0) is 4.79 Å². The third kappa shape index (κ3) is 4.99. The molecule has 0 fully saturated rings. The number of benzene rings is 1. The molecule has 2 rings (SSSR count). The highest BCUT2D eigenvalue weighted by atomic mass is 32.1. The van der Waals surface area contributed by atoms with Gasteiger partial charge in [0.2, 0.25) is 5.91 Å². The molecule has 0 radical (unpaired) electrons. The third-order valence-corrected chi connectivity index (χ3v) is 4.53. The van der Waals surface area contributed by atoms with Crippen molar-refractivity contribution >= 4 is 23.0 Å². The predicted octanol–water partition coefficient (Wildman–Crippen LogP) is 4.36. The van der Waals surface area contributed by atoms with Gasteiger partial charge in [0.1, 0.15) is 5.82 Å². The van der Waals surface area contributed by atoms with Crippen LogP contribution in [0.2, 0.25) is 0 Å². The molecule has 0 saturated heterocycles. The number of Topliss-reactive ketones (excluding diaryl/α,β-unsaturated/α-hetero) is 1. The Balaban J connectivity index is 1.89. The van der Waals surface area contributed by atoms with Crippen LogP contribution < -0.4 is 5.32 Å². The standard InChI is InChI=1S/C18H20FNO2S/c1-12(2)18(16-4-3-11-23-16)20-17(22)10-9-15(21)13-5-7-14(19)8-6-13/h3-8,11-12,18H,9-10H2,1-2H3,(H,20,22)/t18-/m1/s1. The van der Waals surface area contributed by atoms with E-state index in [1.807, 2.05) is 31.4 Å². The van der Waals surface area contributed by atoms with E-state index in [0.29, 0.717) is 5.56 Å². The first kappa shape index (κ1) is 17.3. The van der Waals surface area contributed by atoms with Gasteiger partial charge >= 0.3 is 0 Å². The van der Waals surface area contributed by atoms with Gasteiger partial charge in [-0.25, -0.2) is 4.39 Å². The number of carbonyl (C=O) groups is 2. The van der Waals surface area contributed by atoms with E-state index in [0.717, 1.165) is 4.88 Å². The normalized spacial score (nSPS) is 12.2. The molecular formula is C18H20FNO2S. The number of amides is 1. The van der Waals surface area contributed by atoms with Crippen molar-refractivity contribution in [2.24, 2.45) is 5.92 Å². The maximum Gasteiger partial charge on any atom is 0.220 e. The van der Waals surface area contributed by atoms with Crippen LogP contribution in [0.25, 0.3) is 0 Å². The second-order valence-corrected chi connectivity index (χ2v) is 6.71. The molecule has 1 heterocycles. The summed E-state index contributed by atoms with van der Waals surface area (Å²) in [4.78, 5) is 25.2. The zero-order valence-electron chi connectivity index (χ0n) is 13.2. The lowest BCUT2D eigenvalue weighted by Gasteiger charge is -2.21. The second kappa shape index (κ2) is 8.02. The first-order valence-corrected chi connectivity index (χ1v) is 8.47. The topological polar surface area (TPSA) is 46.2 Å². The van der Waals surface area contributed by atoms with E-state index in [1.54, 1.807) is 11.3 Å². The SMILES string of the molecule is CC(C)[C@@H](NC(=O)CCC(=O)c1ccc(F)cc1)c1cccs1. The van der Waals surface area contributed by atoms with Gasteiger partial charge in [-0.3, -0.25) is 9.59 Å². The Morgan fingerprint density at radius 1 is 1.13 bits per heavy atom. The van der Waals surface area contributed by atoms with Crippen molar-refractivity contribution in [3.05, 3.63) is 58.0 Å². The van der Waals surface area contributed by atoms with E-state index in [9.17, 15) is 14.0 Å². The van der Waals surface area contributed by atoms with Crippen LogP contribution in [0.5, 0.6) is 0 Å². The summed E-state index contributed by atoms with van der Waals surface area (Å²) in [6, 6.07) is 9.30. The fourth-order valence-corrected chi connectivity index (χ4v) is 3.24. The fraction of sp³-hybridized carbons (Fsp3) is 0.333. The number of hydrogen-bond donors (Lipinski definition) is 1. The summed E-state index contributed by atoms with van der Waals surface area (Å²) in [6.45, 7) is 4.10. The highest BCUT2D eigenvalue weighted by molar-refractivity contribution is 7.10. The Bertz CT molecular complexity index is 650. The Kier molecular flexibility index (Phi) is 6.04. The van der Waals surface area contributed by atoms with Gasteiger partial charge in [-0.15, -0.1) is 11.3 Å². The van der Waals surface area contributed by atoms with E-state index in [1.165, 1.54) is 24.3 Å². The average molecular weight is 333 g/mol. The summed E-state index contributed by atoms with van der Waals surface area (Å²) in [5.74, 6) is -0.412. The van der Waals surface area contributed by atoms with Gasteiger partial charge in [0, 0.05) is 23.3 Å². The minimum atomic E-state index is -0.380. The lowest BCUT2D eigenvalue weighted by molar-refractivity contribution is -0.122. The first-order valence-electron chi connectivity index (χ1n) is 7.59. The van der Waals surface area contributed by atoms with Crippen molar-refractivity contribution in [1.29, 1.82) is 0 Å². The molecule has 122 valence electrons. The molecule has 3 nitrogen and oxygen atoms in total. The van der Waals surface area contributed by atoms with E-state index in [2.05, 4.69) is 5.32 Å². The molecule has 0 bridgehead atoms. The number of carbonyl (C=O) groups excluding carboxylic acids is 2. The van der Waals surface area contributed by atoms with Gasteiger partial charge < -0.3 is 5.32 Å². The van der Waals surface area contributed by atoms with E-state index in [4.69, 9.17) is 0 Å². The molecule has 0 aliphatic heterocycles. The van der Waals surface area contributed by atoms with E-state index < -0.39 is 0 Å². The van der Waals surface area contributed by atoms with Gasteiger partial charge in [-0.1, -0.05) is 19.9 Å². The Morgan fingerprint density at radius 3 is 2.39 bits per heavy atom. The molecule has 0 aliphatic carbocycles. The minimum absolute atomic E-state index is 0.0385. The largest absolute Gasteiger partial charge is 0.348 e. The summed E-state index contributed by atoms with van der Waals surface area (Å²) in [6.07, 6.45) is 0.248. The van der Waals surface area contributed by atoms with Crippen molar-refractivity contribution in [1.82, 2.24) is 5.32 Å². The van der Waals surface area contributed by atoms with Crippen molar-refractivity contribution in [3.63, 3.8) is 0 Å². The summed E-state index contributed by atoms with van der Waals surface area (Å²) < 4.78 is 12.8. The third-order valence-electron chi connectivity index (χ3n) is 3.58. The van der Waals surface area contributed by atoms with Crippen LogP contribution in [-0.4, -0.2) is 11.7 Å². The predicted molar refractivity (Wildman–Crippen MR) is 90.0 cm³/mol. The molecule has 1 aromatic carbocycles. The summed E-state index contributed by atoms with van der Waals surface area (Å²) in [7, 11) is 0. The maximum atomic E-state index is 12.8. The van der Waals surface area contributed by atoms with Gasteiger partial charge in [0.25, 0.3) is 0 Å². The molecule has 5 heteroatoms. The van der Waals surface area contributed by atoms with Crippen LogP contribution in [0.4, 0.5) is 4.39 Å². The zero-order valence-corrected chi connectivity index (χ0v) is 14.0. The van der Waals surface area contributed by atoms with E-state index in [-0.39, 0.29) is 42.3 Å². The van der Waals surface area contributed by atoms with Crippen LogP contribution in [0, 0.1) is 11.7 Å². The number of rotatable bonds is 7. The van der Waals surface area contributed by atoms with Crippen LogP contribution in [0.1, 0.15) is 48.0 Å². The number of halogens is 1. The van der Waals surface area contributed by atoms with Crippen molar-refractivity contribution < 1.29 is 14.0 Å². The smallest absolute Gasteiger partial charge is 0.220 e. The number of ketones is 1. The minimum Gasteiger partial charge on any atom is -0.348 e. The van der Waals surface area contributed by atoms with Gasteiger partial charge in [0.05, 0.1) is 6.04 Å². The number of thiophene rings is 1. The fourth-order valence-electron chi connectivity index (χ4n) is 2.29. The lowest BCUT2D eigenvalue weighted by Crippen LogP contribution is -2.31. The van der Waals surface area contributed by atoms with Gasteiger partial charge in [0.15, 0.2) is 5.78 Å². The second-order valence-electron chi connectivity index (χ2n) is 5.73. The molecular weight excluding hydrogens is 313 g/mol. The monoisotopic (exact) mass is 333 g/mol. The molecule has 1 aromatic heterocycles. The molecule has 1 atom stereocenters. The molecule has 2 aromatic rings. The lowest BCUT2D eigenvalue weighted by atomic mass is 10.0. The summed E-state index contributed by atoms with van der Waals surface area (Å²) >= 11 is 1.61. The van der Waals surface area contributed by atoms with Crippen LogP contribution in [0.3, 0.4) is 0 Å². The van der Waals surface area contributed by atoms with Gasteiger partial charge in [-0.05, 0) is 41.6 Å². The first-order chi connectivity index (χ1) is 11.0. The molecule has 23 heavy (non-hydrogen) atoms. The Hall–Kier alpha value is -2.01. The van der Waals surface area contributed by atoms with Crippen LogP contribution in [0.15, 0.2) is 41.8 Å². The molecule has 0 aliphatic rings. The molecule has 0 unspecified atom stereocenters. The average Bonchev–Trinajstić information content (AvgIpc) is 3.04. The Morgan fingerprint density at radius 2 is 1.83 bits per heavy atom. The molecule has 0 saturated carbocycles. The maximum absolute atomic E-state index is 12.8. The molecule has 1 N–H and O–H groups in total. The summed E-state index contributed by atoms with van der Waals surface area (Å²) in [5, 5.41) is 4.98. The summed E-state index contributed by atoms with van der Waals surface area (Å²) in [5.41, 5.74) is 0.429. The van der Waals surface area contributed by atoms with Crippen molar-refractivity contribution in [3.8, 4) is 0 Å². The zero-order chi connectivity index (χ0) is 16.8. The highest BCUT2D eigenvalue weighted by Crippen LogP contribution is 2.25. The number of hydrogen-bond acceptors (Lipinski definition) is 3. The molecule has 0 spiro atoms. The van der Waals surface area contributed by atoms with E-state index >= 15 is 0 Å². The quantitative estimate of drug-likeness (QED) is 0.765. The van der Waals surface area contributed by atoms with Gasteiger partial charge in [-0.2, -0.15) is 0 Å².